The largest absolute Gasteiger partial charge is 0.497 e. The summed E-state index contributed by atoms with van der Waals surface area (Å²) in [6, 6.07) is 12.1. The standard InChI is InChI=1S/C32H35F3N2O4/c1-22(38)41-31-15-14-27(36-29(39)13-10-23-8-11-25(12-9-23)32(33,34)35)19-30(31,26-4-3-5-28(18-26)40-2)16-17-37(21-31)20-24-6-7-24/h3-5,8-9,11-12,18,24,27H,6-7,14-17,19-21H2,1-2H3,(H,36,39)/t27-,30+,31+/m1/s1. The molecule has 1 aliphatic heterocycles. The van der Waals surface area contributed by atoms with Crippen molar-refractivity contribution in [2.75, 3.05) is 26.7 Å². The molecule has 2 aliphatic carbocycles. The summed E-state index contributed by atoms with van der Waals surface area (Å²) in [6.07, 6.45) is 0.520. The minimum atomic E-state index is -4.43. The van der Waals surface area contributed by atoms with Gasteiger partial charge in [-0.15, -0.1) is 0 Å². The molecule has 0 radical (unpaired) electrons. The van der Waals surface area contributed by atoms with Gasteiger partial charge in [0.25, 0.3) is 5.91 Å². The first-order chi connectivity index (χ1) is 19.5. The number of benzene rings is 2. The van der Waals surface area contributed by atoms with Crippen LogP contribution in [0.3, 0.4) is 0 Å². The number of nitrogens with one attached hydrogen (secondary N) is 1. The first-order valence-corrected chi connectivity index (χ1v) is 14.1. The number of likely N-dealkylation sites (tertiary alicyclic amines) is 1. The van der Waals surface area contributed by atoms with Gasteiger partial charge in [0.15, 0.2) is 0 Å². The summed E-state index contributed by atoms with van der Waals surface area (Å²) < 4.78 is 50.4. The van der Waals surface area contributed by atoms with Gasteiger partial charge in [-0.2, -0.15) is 13.2 Å². The molecule has 3 fully saturated rings. The molecule has 1 N–H and O–H groups in total. The van der Waals surface area contributed by atoms with E-state index in [1.807, 2.05) is 24.3 Å². The third kappa shape index (κ3) is 6.38. The van der Waals surface area contributed by atoms with Crippen molar-refractivity contribution in [3.8, 4) is 17.6 Å². The number of hydrogen-bond acceptors (Lipinski definition) is 5. The van der Waals surface area contributed by atoms with Crippen LogP contribution in [0.4, 0.5) is 13.2 Å². The van der Waals surface area contributed by atoms with Gasteiger partial charge in [0.2, 0.25) is 0 Å². The van der Waals surface area contributed by atoms with Crippen molar-refractivity contribution in [3.63, 3.8) is 0 Å². The number of methoxy groups -OCH3 is 1. The second kappa shape index (κ2) is 11.4. The lowest BCUT2D eigenvalue weighted by Gasteiger charge is -2.59. The van der Waals surface area contributed by atoms with Gasteiger partial charge in [-0.05, 0) is 92.9 Å². The lowest BCUT2D eigenvalue weighted by atomic mass is 9.55. The zero-order valence-corrected chi connectivity index (χ0v) is 23.4. The maximum atomic E-state index is 12.9. The van der Waals surface area contributed by atoms with Crippen LogP contribution in [-0.2, 0) is 25.9 Å². The van der Waals surface area contributed by atoms with Gasteiger partial charge in [-0.1, -0.05) is 18.1 Å². The maximum Gasteiger partial charge on any atom is 0.416 e. The fourth-order valence-corrected chi connectivity index (χ4v) is 6.64. The normalized spacial score (nSPS) is 26.2. The van der Waals surface area contributed by atoms with Gasteiger partial charge in [0.1, 0.15) is 11.4 Å². The van der Waals surface area contributed by atoms with E-state index >= 15 is 0 Å². The Bertz CT molecular complexity index is 1350. The number of fused-ring (bicyclic) bond motifs is 1. The maximum absolute atomic E-state index is 12.9. The Labute approximate surface area is 238 Å². The Morgan fingerprint density at radius 2 is 1.85 bits per heavy atom. The molecular formula is C32H35F3N2O4. The van der Waals surface area contributed by atoms with E-state index in [1.165, 1.54) is 31.9 Å². The van der Waals surface area contributed by atoms with Crippen LogP contribution in [0.25, 0.3) is 0 Å². The Kier molecular flexibility index (Phi) is 8.06. The van der Waals surface area contributed by atoms with Crippen LogP contribution in [0.15, 0.2) is 48.5 Å². The minimum Gasteiger partial charge on any atom is -0.497 e. The Morgan fingerprint density at radius 1 is 1.10 bits per heavy atom. The number of amides is 1. The highest BCUT2D eigenvalue weighted by molar-refractivity contribution is 5.94. The highest BCUT2D eigenvalue weighted by atomic mass is 19.4. The van der Waals surface area contributed by atoms with Crippen molar-refractivity contribution >= 4 is 11.9 Å². The summed E-state index contributed by atoms with van der Waals surface area (Å²) in [5, 5.41) is 3.03. The molecule has 0 bridgehead atoms. The van der Waals surface area contributed by atoms with Crippen LogP contribution in [0.5, 0.6) is 5.75 Å². The number of carbonyl (C=O) groups is 2. The van der Waals surface area contributed by atoms with Crippen molar-refractivity contribution in [1.82, 2.24) is 10.2 Å². The number of rotatable bonds is 6. The van der Waals surface area contributed by atoms with Crippen molar-refractivity contribution in [3.05, 3.63) is 65.2 Å². The molecule has 5 rings (SSSR count). The van der Waals surface area contributed by atoms with Crippen LogP contribution in [0.2, 0.25) is 0 Å². The van der Waals surface area contributed by atoms with Gasteiger partial charge < -0.3 is 14.8 Å². The molecule has 0 aromatic heterocycles. The molecule has 0 spiro atoms. The Balaban J connectivity index is 1.40. The second-order valence-electron chi connectivity index (χ2n) is 11.6. The van der Waals surface area contributed by atoms with Crippen molar-refractivity contribution in [1.29, 1.82) is 0 Å². The van der Waals surface area contributed by atoms with Gasteiger partial charge >= 0.3 is 12.1 Å². The summed E-state index contributed by atoms with van der Waals surface area (Å²) in [6.45, 7) is 3.94. The van der Waals surface area contributed by atoms with Gasteiger partial charge in [0.05, 0.1) is 12.7 Å². The molecule has 1 saturated heterocycles. The Hall–Kier alpha value is -3.51. The quantitative estimate of drug-likeness (QED) is 0.389. The number of alkyl halides is 3. The molecule has 0 unspecified atom stereocenters. The second-order valence-corrected chi connectivity index (χ2v) is 11.6. The molecule has 3 atom stereocenters. The Morgan fingerprint density at radius 3 is 2.51 bits per heavy atom. The summed E-state index contributed by atoms with van der Waals surface area (Å²) in [7, 11) is 1.62. The number of nitrogens with zero attached hydrogens (tertiary/aromatic N) is 1. The van der Waals surface area contributed by atoms with Gasteiger partial charge in [-0.25, -0.2) is 0 Å². The molecule has 2 aromatic rings. The molecule has 1 amide bonds. The number of hydrogen-bond donors (Lipinski definition) is 1. The van der Waals surface area contributed by atoms with Gasteiger partial charge in [-0.3, -0.25) is 14.5 Å². The van der Waals surface area contributed by atoms with Crippen LogP contribution >= 0.6 is 0 Å². The summed E-state index contributed by atoms with van der Waals surface area (Å²) in [4.78, 5) is 27.8. The first-order valence-electron chi connectivity index (χ1n) is 14.1. The van der Waals surface area contributed by atoms with E-state index in [0.717, 1.165) is 37.2 Å². The highest BCUT2D eigenvalue weighted by Gasteiger charge is 2.61. The number of ether oxygens (including phenoxy) is 2. The molecule has 2 aromatic carbocycles. The third-order valence-corrected chi connectivity index (χ3v) is 8.74. The van der Waals surface area contributed by atoms with E-state index in [4.69, 9.17) is 9.47 Å². The molecule has 1 heterocycles. The summed E-state index contributed by atoms with van der Waals surface area (Å²) >= 11 is 0. The average molecular weight is 569 g/mol. The van der Waals surface area contributed by atoms with Crippen molar-refractivity contribution in [2.24, 2.45) is 5.92 Å². The van der Waals surface area contributed by atoms with Crippen molar-refractivity contribution in [2.45, 2.75) is 68.7 Å². The lowest BCUT2D eigenvalue weighted by molar-refractivity contribution is -0.187. The minimum absolute atomic E-state index is 0.228. The zero-order chi connectivity index (χ0) is 29.3. The summed E-state index contributed by atoms with van der Waals surface area (Å²) in [5.74, 6) is 5.79. The topological polar surface area (TPSA) is 67.9 Å². The fourth-order valence-electron chi connectivity index (χ4n) is 6.64. The number of halogens is 3. The van der Waals surface area contributed by atoms with E-state index in [0.29, 0.717) is 43.0 Å². The molecule has 6 nitrogen and oxygen atoms in total. The molecule has 218 valence electrons. The monoisotopic (exact) mass is 568 g/mol. The van der Waals surface area contributed by atoms with E-state index in [9.17, 15) is 22.8 Å². The highest BCUT2D eigenvalue weighted by Crippen LogP contribution is 2.54. The predicted octanol–water partition coefficient (Wildman–Crippen LogP) is 5.09. The van der Waals surface area contributed by atoms with Gasteiger partial charge in [0, 0.05) is 43.0 Å². The smallest absolute Gasteiger partial charge is 0.416 e. The molecule has 9 heteroatoms. The van der Waals surface area contributed by atoms with Crippen LogP contribution < -0.4 is 10.1 Å². The lowest BCUT2D eigenvalue weighted by Crippen LogP contribution is -2.68. The third-order valence-electron chi connectivity index (χ3n) is 8.74. The first kappa shape index (κ1) is 29.0. The van der Waals surface area contributed by atoms with E-state index in [-0.39, 0.29) is 12.0 Å². The number of piperidine rings is 1. The SMILES string of the molecule is COc1cccc([C@@]23CCN(CC4CC4)C[C@@]2(OC(C)=O)CC[C@@H](NC(=O)C#Cc2ccc(C(F)(F)F)cc2)C3)c1. The van der Waals surface area contributed by atoms with Crippen LogP contribution in [0.1, 0.15) is 62.1 Å². The van der Waals surface area contributed by atoms with E-state index in [1.54, 1.807) is 7.11 Å². The summed E-state index contributed by atoms with van der Waals surface area (Å²) in [5.41, 5.74) is -0.743. The van der Waals surface area contributed by atoms with Crippen molar-refractivity contribution < 1.29 is 32.2 Å². The molecule has 3 aliphatic rings. The van der Waals surface area contributed by atoms with E-state index in [2.05, 4.69) is 22.1 Å². The molecular weight excluding hydrogens is 533 g/mol. The molecule has 41 heavy (non-hydrogen) atoms. The number of esters is 1. The van der Waals surface area contributed by atoms with Crippen LogP contribution in [0, 0.1) is 17.8 Å². The fraction of sp³-hybridized carbons (Fsp3) is 0.500. The number of carbonyl (C=O) groups excluding carboxylic acids is 2. The van der Waals surface area contributed by atoms with Crippen LogP contribution in [-0.4, -0.2) is 55.2 Å². The molecule has 2 saturated carbocycles. The zero-order valence-electron chi connectivity index (χ0n) is 23.4. The average Bonchev–Trinajstić information content (AvgIpc) is 3.75. The predicted molar refractivity (Wildman–Crippen MR) is 147 cm³/mol. The van der Waals surface area contributed by atoms with E-state index < -0.39 is 28.7 Å².